The zero-order valence-electron chi connectivity index (χ0n) is 14.8. The van der Waals surface area contributed by atoms with E-state index in [1.165, 1.54) is 38.6 Å². The highest BCUT2D eigenvalue weighted by Crippen LogP contribution is 2.27. The van der Waals surface area contributed by atoms with Gasteiger partial charge in [0.15, 0.2) is 0 Å². The van der Waals surface area contributed by atoms with Crippen molar-refractivity contribution in [3.8, 4) is 0 Å². The quantitative estimate of drug-likeness (QED) is 0.856. The monoisotopic (exact) mass is 333 g/mol. The lowest BCUT2D eigenvalue weighted by Gasteiger charge is -2.43. The number of nitrogen functional groups attached to an aromatic ring is 1. The molecule has 6 nitrogen and oxygen atoms in total. The van der Waals surface area contributed by atoms with Gasteiger partial charge in [-0.05, 0) is 32.1 Å². The van der Waals surface area contributed by atoms with Crippen LogP contribution in [0.2, 0.25) is 0 Å². The lowest BCUT2D eigenvalue weighted by molar-refractivity contribution is 0.112. The molecule has 1 saturated heterocycles. The van der Waals surface area contributed by atoms with Crippen LogP contribution in [0.5, 0.6) is 0 Å². The molecule has 1 aliphatic heterocycles. The van der Waals surface area contributed by atoms with Crippen LogP contribution in [-0.4, -0.2) is 58.8 Å². The Labute approximate surface area is 145 Å². The average Bonchev–Trinajstić information content (AvgIpc) is 2.57. The molecule has 134 valence electrons. The van der Waals surface area contributed by atoms with Crippen molar-refractivity contribution in [2.45, 2.75) is 51.5 Å². The largest absolute Gasteiger partial charge is 0.396 e. The highest BCUT2D eigenvalue weighted by Gasteiger charge is 2.29. The molecule has 2 heterocycles. The number of aryl methyl sites for hydroxylation is 1. The molecule has 1 saturated carbocycles. The first-order valence-corrected chi connectivity index (χ1v) is 9.36. The molecular formula is C18H31N5O. The third kappa shape index (κ3) is 4.36. The molecule has 2 aliphatic rings. The van der Waals surface area contributed by atoms with Gasteiger partial charge in [-0.25, -0.2) is 4.98 Å². The number of aliphatic hydroxyl groups is 1. The smallest absolute Gasteiger partial charge is 0.222 e. The average molecular weight is 333 g/mol. The van der Waals surface area contributed by atoms with Crippen molar-refractivity contribution >= 4 is 11.8 Å². The van der Waals surface area contributed by atoms with Gasteiger partial charge in [0.1, 0.15) is 5.82 Å². The Morgan fingerprint density at radius 3 is 2.71 bits per heavy atom. The summed E-state index contributed by atoms with van der Waals surface area (Å²) in [5.74, 6) is 2.09. The van der Waals surface area contributed by atoms with Crippen LogP contribution in [0.15, 0.2) is 6.07 Å². The highest BCUT2D eigenvalue weighted by atomic mass is 16.3. The Bertz CT molecular complexity index is 512. The fraction of sp³-hybridized carbons (Fsp3) is 0.778. The second-order valence-electron chi connectivity index (χ2n) is 7.34. The number of aromatic nitrogens is 2. The molecule has 6 heteroatoms. The predicted molar refractivity (Wildman–Crippen MR) is 97.0 cm³/mol. The van der Waals surface area contributed by atoms with Crippen LogP contribution < -0.4 is 10.6 Å². The summed E-state index contributed by atoms with van der Waals surface area (Å²) in [6, 6.07) is 2.39. The van der Waals surface area contributed by atoms with E-state index in [9.17, 15) is 5.11 Å². The van der Waals surface area contributed by atoms with Gasteiger partial charge in [-0.15, -0.1) is 0 Å². The van der Waals surface area contributed by atoms with Gasteiger partial charge in [0.25, 0.3) is 0 Å². The summed E-state index contributed by atoms with van der Waals surface area (Å²) in [6.07, 6.45) is 7.73. The third-order valence-corrected chi connectivity index (χ3v) is 5.47. The lowest BCUT2D eigenvalue weighted by Crippen LogP contribution is -2.55. The molecule has 3 N–H and O–H groups in total. The Hall–Kier alpha value is -1.40. The number of nitrogens with two attached hydrogens (primary N) is 1. The molecule has 1 aromatic heterocycles. The van der Waals surface area contributed by atoms with Gasteiger partial charge in [0, 0.05) is 50.6 Å². The van der Waals surface area contributed by atoms with Crippen molar-refractivity contribution in [3.05, 3.63) is 11.8 Å². The molecular weight excluding hydrogens is 302 g/mol. The summed E-state index contributed by atoms with van der Waals surface area (Å²) >= 11 is 0. The molecule has 1 atom stereocenters. The molecule has 0 unspecified atom stereocenters. The van der Waals surface area contributed by atoms with Gasteiger partial charge in [-0.2, -0.15) is 4.98 Å². The van der Waals surface area contributed by atoms with Gasteiger partial charge < -0.3 is 15.7 Å². The minimum atomic E-state index is 0.241. The maximum absolute atomic E-state index is 9.50. The van der Waals surface area contributed by atoms with Crippen molar-refractivity contribution in [1.82, 2.24) is 14.9 Å². The van der Waals surface area contributed by atoms with E-state index in [4.69, 9.17) is 5.73 Å². The summed E-state index contributed by atoms with van der Waals surface area (Å²) in [6.45, 7) is 6.28. The van der Waals surface area contributed by atoms with Crippen LogP contribution >= 0.6 is 0 Å². The summed E-state index contributed by atoms with van der Waals surface area (Å²) < 4.78 is 0. The fourth-order valence-electron chi connectivity index (χ4n) is 4.20. The second kappa shape index (κ2) is 8.12. The number of aliphatic hydroxyl groups excluding tert-OH is 1. The summed E-state index contributed by atoms with van der Waals surface area (Å²) in [7, 11) is 0. The van der Waals surface area contributed by atoms with Crippen LogP contribution in [0, 0.1) is 12.8 Å². The minimum Gasteiger partial charge on any atom is -0.396 e. The summed E-state index contributed by atoms with van der Waals surface area (Å²) in [5, 5.41) is 9.50. The SMILES string of the molecule is Cc1cc(N2CCN(CC3CCCCC3)[C@H](CCO)C2)nc(N)n1. The van der Waals surface area contributed by atoms with Gasteiger partial charge in [-0.1, -0.05) is 19.3 Å². The zero-order valence-corrected chi connectivity index (χ0v) is 14.8. The number of hydrogen-bond donors (Lipinski definition) is 2. The van der Waals surface area contributed by atoms with Crippen LogP contribution in [0.4, 0.5) is 11.8 Å². The van der Waals surface area contributed by atoms with Crippen molar-refractivity contribution in [2.24, 2.45) is 5.92 Å². The van der Waals surface area contributed by atoms with E-state index in [0.29, 0.717) is 12.0 Å². The Morgan fingerprint density at radius 1 is 1.21 bits per heavy atom. The van der Waals surface area contributed by atoms with E-state index >= 15 is 0 Å². The Morgan fingerprint density at radius 2 is 2.00 bits per heavy atom. The number of anilines is 2. The summed E-state index contributed by atoms with van der Waals surface area (Å²) in [5.41, 5.74) is 6.71. The number of nitrogens with zero attached hydrogens (tertiary/aromatic N) is 4. The topological polar surface area (TPSA) is 78.5 Å². The summed E-state index contributed by atoms with van der Waals surface area (Å²) in [4.78, 5) is 13.5. The van der Waals surface area contributed by atoms with E-state index in [2.05, 4.69) is 19.8 Å². The van der Waals surface area contributed by atoms with Crippen LogP contribution in [0.1, 0.15) is 44.2 Å². The molecule has 0 bridgehead atoms. The number of hydrogen-bond acceptors (Lipinski definition) is 6. The van der Waals surface area contributed by atoms with E-state index in [-0.39, 0.29) is 6.61 Å². The molecule has 3 rings (SSSR count). The third-order valence-electron chi connectivity index (χ3n) is 5.47. The van der Waals surface area contributed by atoms with E-state index < -0.39 is 0 Å². The highest BCUT2D eigenvalue weighted by molar-refractivity contribution is 5.44. The van der Waals surface area contributed by atoms with Crippen LogP contribution in [0.25, 0.3) is 0 Å². The van der Waals surface area contributed by atoms with Gasteiger partial charge in [-0.3, -0.25) is 4.90 Å². The maximum Gasteiger partial charge on any atom is 0.222 e. The molecule has 2 fully saturated rings. The fourth-order valence-corrected chi connectivity index (χ4v) is 4.20. The van der Waals surface area contributed by atoms with E-state index in [0.717, 1.165) is 43.5 Å². The van der Waals surface area contributed by atoms with E-state index in [1.54, 1.807) is 0 Å². The van der Waals surface area contributed by atoms with Crippen LogP contribution in [0.3, 0.4) is 0 Å². The standard InChI is InChI=1S/C18H31N5O/c1-14-11-17(21-18(19)20-14)23-9-8-22(16(13-23)7-10-24)12-15-5-3-2-4-6-15/h11,15-16,24H,2-10,12-13H2,1H3,(H2,19,20,21)/t16-/m1/s1. The first-order valence-electron chi connectivity index (χ1n) is 9.36. The Balaban J connectivity index is 1.65. The molecule has 0 spiro atoms. The zero-order chi connectivity index (χ0) is 16.9. The minimum absolute atomic E-state index is 0.241. The maximum atomic E-state index is 9.50. The molecule has 24 heavy (non-hydrogen) atoms. The van der Waals surface area contributed by atoms with Gasteiger partial charge >= 0.3 is 0 Å². The van der Waals surface area contributed by atoms with Gasteiger partial charge in [0.2, 0.25) is 5.95 Å². The normalized spacial score (nSPS) is 23.6. The molecule has 1 aliphatic carbocycles. The van der Waals surface area contributed by atoms with Crippen molar-refractivity contribution in [1.29, 1.82) is 0 Å². The van der Waals surface area contributed by atoms with Crippen molar-refractivity contribution in [2.75, 3.05) is 43.4 Å². The van der Waals surface area contributed by atoms with Crippen LogP contribution in [-0.2, 0) is 0 Å². The Kier molecular flexibility index (Phi) is 5.89. The first kappa shape index (κ1) is 17.4. The van der Waals surface area contributed by atoms with Crippen molar-refractivity contribution in [3.63, 3.8) is 0 Å². The second-order valence-corrected chi connectivity index (χ2v) is 7.34. The molecule has 1 aromatic rings. The van der Waals surface area contributed by atoms with Crippen molar-refractivity contribution < 1.29 is 5.11 Å². The van der Waals surface area contributed by atoms with E-state index in [1.807, 2.05) is 13.0 Å². The molecule has 0 amide bonds. The number of piperazine rings is 1. The molecule has 0 aromatic carbocycles. The van der Waals surface area contributed by atoms with Gasteiger partial charge in [0.05, 0.1) is 0 Å². The number of rotatable bonds is 5. The lowest BCUT2D eigenvalue weighted by atomic mass is 9.88. The predicted octanol–water partition coefficient (Wildman–Crippen LogP) is 1.82. The molecule has 0 radical (unpaired) electrons. The first-order chi connectivity index (χ1) is 11.7.